The minimum absolute atomic E-state index is 0.203. The van der Waals surface area contributed by atoms with Crippen LogP contribution in [0, 0.1) is 0 Å². The Morgan fingerprint density at radius 1 is 0.833 bits per heavy atom. The molecule has 2 aliphatic heterocycles. The highest BCUT2D eigenvalue weighted by atomic mass is 16.7. The monoisotopic (exact) mass is 409 g/mol. The summed E-state index contributed by atoms with van der Waals surface area (Å²) in [5, 5.41) is 5.31. The average Bonchev–Trinajstić information content (AvgIpc) is 3.26. The maximum absolute atomic E-state index is 12.0. The maximum Gasteiger partial charge on any atom is 0.309 e. The Morgan fingerprint density at radius 2 is 1.53 bits per heavy atom. The van der Waals surface area contributed by atoms with Crippen LogP contribution in [0.4, 0.5) is 5.69 Å². The molecule has 0 unspecified atom stereocenters. The molecule has 0 spiro atoms. The number of nitrogens with one attached hydrogen (secondary N) is 2. The highest BCUT2D eigenvalue weighted by Crippen LogP contribution is 2.32. The first-order chi connectivity index (χ1) is 14.7. The van der Waals surface area contributed by atoms with Crippen molar-refractivity contribution in [1.29, 1.82) is 0 Å². The zero-order chi connectivity index (χ0) is 20.8. The number of carbonyl (C=O) groups excluding carboxylic acids is 2. The fraction of sp³-hybridized carbons (Fsp3) is 0.391. The molecule has 158 valence electrons. The lowest BCUT2D eigenvalue weighted by Gasteiger charge is -2.28. The van der Waals surface area contributed by atoms with Crippen LogP contribution in [-0.2, 0) is 22.6 Å². The van der Waals surface area contributed by atoms with Crippen molar-refractivity contribution in [3.05, 3.63) is 53.6 Å². The first-order valence-corrected chi connectivity index (χ1v) is 10.5. The number of nitrogens with zero attached hydrogens (tertiary/aromatic N) is 1. The number of piperidine rings is 1. The van der Waals surface area contributed by atoms with Gasteiger partial charge in [-0.2, -0.15) is 0 Å². The summed E-state index contributed by atoms with van der Waals surface area (Å²) in [6, 6.07) is 13.9. The minimum Gasteiger partial charge on any atom is -0.454 e. The van der Waals surface area contributed by atoms with E-state index in [1.165, 1.54) is 24.9 Å². The quantitative estimate of drug-likeness (QED) is 0.716. The molecule has 4 rings (SSSR count). The normalized spacial score (nSPS) is 15.0. The van der Waals surface area contributed by atoms with Crippen LogP contribution in [0.1, 0.15) is 30.4 Å². The van der Waals surface area contributed by atoms with E-state index in [1.54, 1.807) is 12.1 Å². The van der Waals surface area contributed by atoms with Gasteiger partial charge >= 0.3 is 11.8 Å². The minimum atomic E-state index is -0.645. The summed E-state index contributed by atoms with van der Waals surface area (Å²) in [7, 11) is 0. The summed E-state index contributed by atoms with van der Waals surface area (Å²) in [6.45, 7) is 3.11. The first kappa shape index (κ1) is 20.1. The fourth-order valence-corrected chi connectivity index (χ4v) is 3.74. The number of amides is 2. The number of carbonyl (C=O) groups is 2. The molecule has 1 fully saturated rings. The van der Waals surface area contributed by atoms with Crippen molar-refractivity contribution in [3.63, 3.8) is 0 Å². The van der Waals surface area contributed by atoms with E-state index in [4.69, 9.17) is 9.47 Å². The fourth-order valence-electron chi connectivity index (χ4n) is 3.74. The van der Waals surface area contributed by atoms with Crippen molar-refractivity contribution < 1.29 is 19.1 Å². The maximum atomic E-state index is 12.0. The second kappa shape index (κ2) is 9.52. The van der Waals surface area contributed by atoms with Gasteiger partial charge in [-0.1, -0.05) is 18.2 Å². The third-order valence-electron chi connectivity index (χ3n) is 5.45. The lowest BCUT2D eigenvalue weighted by molar-refractivity contribution is -0.139. The molecular weight excluding hydrogens is 382 g/mol. The van der Waals surface area contributed by atoms with Crippen molar-refractivity contribution in [2.24, 2.45) is 0 Å². The summed E-state index contributed by atoms with van der Waals surface area (Å²) in [6.07, 6.45) is 4.51. The van der Waals surface area contributed by atoms with Gasteiger partial charge in [-0.05, 0) is 61.1 Å². The molecule has 0 atom stereocenters. The largest absolute Gasteiger partial charge is 0.454 e. The molecule has 0 aromatic heterocycles. The molecular formula is C23H27N3O4. The third-order valence-corrected chi connectivity index (χ3v) is 5.45. The lowest BCUT2D eigenvalue weighted by Crippen LogP contribution is -2.40. The molecule has 2 amide bonds. The van der Waals surface area contributed by atoms with E-state index in [0.29, 0.717) is 24.5 Å². The molecule has 2 N–H and O–H groups in total. The van der Waals surface area contributed by atoms with Crippen molar-refractivity contribution in [2.75, 3.05) is 31.3 Å². The molecule has 0 aliphatic carbocycles. The molecule has 7 nitrogen and oxygen atoms in total. The van der Waals surface area contributed by atoms with E-state index in [1.807, 2.05) is 6.07 Å². The lowest BCUT2D eigenvalue weighted by atomic mass is 10.1. The van der Waals surface area contributed by atoms with Gasteiger partial charge in [-0.3, -0.25) is 9.59 Å². The van der Waals surface area contributed by atoms with Crippen LogP contribution in [-0.4, -0.2) is 38.2 Å². The summed E-state index contributed by atoms with van der Waals surface area (Å²) in [5.74, 6) is 0.0677. The number of ether oxygens (including phenoxy) is 2. The molecule has 7 heteroatoms. The Kier molecular flexibility index (Phi) is 6.37. The summed E-state index contributed by atoms with van der Waals surface area (Å²) >= 11 is 0. The molecule has 30 heavy (non-hydrogen) atoms. The van der Waals surface area contributed by atoms with Crippen molar-refractivity contribution in [1.82, 2.24) is 10.6 Å². The second-order valence-electron chi connectivity index (χ2n) is 7.59. The third kappa shape index (κ3) is 5.03. The molecule has 2 heterocycles. The summed E-state index contributed by atoms with van der Waals surface area (Å²) in [4.78, 5) is 26.5. The van der Waals surface area contributed by atoms with Gasteiger partial charge in [0, 0.05) is 31.9 Å². The van der Waals surface area contributed by atoms with Gasteiger partial charge in [-0.15, -0.1) is 0 Å². The van der Waals surface area contributed by atoms with Gasteiger partial charge in [0.15, 0.2) is 11.5 Å². The standard InChI is InChI=1S/C23H27N3O4/c27-22(23(28)25-15-18-6-9-20-21(14-18)30-16-29-20)24-11-10-17-4-7-19(8-5-17)26-12-2-1-3-13-26/h4-9,14H,1-3,10-13,15-16H2,(H,24,27)(H,25,28). The van der Waals surface area contributed by atoms with E-state index < -0.39 is 11.8 Å². The van der Waals surface area contributed by atoms with Gasteiger partial charge in [0.05, 0.1) is 0 Å². The number of hydrogen-bond donors (Lipinski definition) is 2. The SMILES string of the molecule is O=C(NCCc1ccc(N2CCCCC2)cc1)C(=O)NCc1ccc2c(c1)OCO2. The van der Waals surface area contributed by atoms with Crippen LogP contribution in [0.5, 0.6) is 11.5 Å². The van der Waals surface area contributed by atoms with Gasteiger partial charge in [0.1, 0.15) is 0 Å². The molecule has 0 saturated carbocycles. The Bertz CT molecular complexity index is 892. The van der Waals surface area contributed by atoms with Crippen molar-refractivity contribution in [2.45, 2.75) is 32.2 Å². The van der Waals surface area contributed by atoms with Crippen molar-refractivity contribution >= 4 is 17.5 Å². The summed E-state index contributed by atoms with van der Waals surface area (Å²) < 4.78 is 10.6. The van der Waals surface area contributed by atoms with Gasteiger partial charge in [-0.25, -0.2) is 0 Å². The second-order valence-corrected chi connectivity index (χ2v) is 7.59. The van der Waals surface area contributed by atoms with Crippen LogP contribution in [0.2, 0.25) is 0 Å². The van der Waals surface area contributed by atoms with E-state index in [0.717, 1.165) is 24.2 Å². The predicted molar refractivity (Wildman–Crippen MR) is 114 cm³/mol. The molecule has 1 saturated heterocycles. The first-order valence-electron chi connectivity index (χ1n) is 10.5. The Hall–Kier alpha value is -3.22. The van der Waals surface area contributed by atoms with Gasteiger partial charge in [0.25, 0.3) is 0 Å². The van der Waals surface area contributed by atoms with Crippen LogP contribution in [0.3, 0.4) is 0 Å². The zero-order valence-corrected chi connectivity index (χ0v) is 17.0. The molecule has 0 radical (unpaired) electrons. The van der Waals surface area contributed by atoms with E-state index >= 15 is 0 Å². The molecule has 2 aliphatic rings. The van der Waals surface area contributed by atoms with Gasteiger partial charge < -0.3 is 25.0 Å². The van der Waals surface area contributed by atoms with E-state index in [2.05, 4.69) is 39.8 Å². The zero-order valence-electron chi connectivity index (χ0n) is 17.0. The van der Waals surface area contributed by atoms with Gasteiger partial charge in [0.2, 0.25) is 6.79 Å². The smallest absolute Gasteiger partial charge is 0.309 e. The predicted octanol–water partition coefficient (Wildman–Crippen LogP) is 2.38. The van der Waals surface area contributed by atoms with Crippen LogP contribution < -0.4 is 25.0 Å². The average molecular weight is 409 g/mol. The Balaban J connectivity index is 1.18. The molecule has 2 aromatic carbocycles. The Labute approximate surface area is 176 Å². The number of hydrogen-bond acceptors (Lipinski definition) is 5. The topological polar surface area (TPSA) is 79.9 Å². The number of anilines is 1. The molecule has 0 bridgehead atoms. The van der Waals surface area contributed by atoms with Crippen LogP contribution in [0.15, 0.2) is 42.5 Å². The number of fused-ring (bicyclic) bond motifs is 1. The van der Waals surface area contributed by atoms with E-state index in [9.17, 15) is 9.59 Å². The highest BCUT2D eigenvalue weighted by Gasteiger charge is 2.16. The summed E-state index contributed by atoms with van der Waals surface area (Å²) in [5.41, 5.74) is 3.23. The van der Waals surface area contributed by atoms with E-state index in [-0.39, 0.29) is 13.3 Å². The van der Waals surface area contributed by atoms with Crippen molar-refractivity contribution in [3.8, 4) is 11.5 Å². The van der Waals surface area contributed by atoms with Crippen LogP contribution in [0.25, 0.3) is 0 Å². The molecule has 2 aromatic rings. The number of benzene rings is 2. The van der Waals surface area contributed by atoms with Crippen LogP contribution >= 0.6 is 0 Å². The highest BCUT2D eigenvalue weighted by molar-refractivity contribution is 6.35. The number of rotatable bonds is 6. The Morgan fingerprint density at radius 3 is 2.33 bits per heavy atom.